The van der Waals surface area contributed by atoms with Crippen LogP contribution in [-0.4, -0.2) is 63.2 Å². The first-order valence-electron chi connectivity index (χ1n) is 13.3. The van der Waals surface area contributed by atoms with E-state index in [2.05, 4.69) is 26.2 Å². The number of halogens is 1. The Balaban J connectivity index is 1.46. The molecule has 0 bridgehead atoms. The highest BCUT2D eigenvalue weighted by atomic mass is 79.9. The second-order valence-electron chi connectivity index (χ2n) is 10.4. The highest BCUT2D eigenvalue weighted by molar-refractivity contribution is 9.08. The molecule has 2 amide bonds. The van der Waals surface area contributed by atoms with E-state index in [1.54, 1.807) is 31.2 Å². The van der Waals surface area contributed by atoms with Crippen LogP contribution in [0.1, 0.15) is 63.7 Å². The Morgan fingerprint density at radius 3 is 2.50 bits per heavy atom. The number of carbonyl (C=O) groups excluding carboxylic acids is 4. The van der Waals surface area contributed by atoms with Crippen molar-refractivity contribution in [3.05, 3.63) is 58.0 Å². The Labute approximate surface area is 254 Å². The molecular formula is C28H32BrN3O9S. The van der Waals surface area contributed by atoms with E-state index in [1.165, 1.54) is 16.7 Å². The molecule has 1 aromatic carbocycles. The van der Waals surface area contributed by atoms with Gasteiger partial charge in [0.25, 0.3) is 0 Å². The fourth-order valence-electron chi connectivity index (χ4n) is 4.78. The summed E-state index contributed by atoms with van der Waals surface area (Å²) in [5, 5.41) is 2.49. The Morgan fingerprint density at radius 1 is 1.14 bits per heavy atom. The molecule has 2 saturated heterocycles. The first-order valence-corrected chi connectivity index (χ1v) is 15.4. The lowest BCUT2D eigenvalue weighted by Crippen LogP contribution is -2.71. The average Bonchev–Trinajstić information content (AvgIpc) is 3.45. The van der Waals surface area contributed by atoms with Crippen molar-refractivity contribution in [1.82, 2.24) is 10.2 Å². The van der Waals surface area contributed by atoms with Crippen molar-refractivity contribution in [2.75, 3.05) is 6.61 Å². The fraction of sp³-hybridized carbons (Fsp3) is 0.500. The molecule has 2 aromatic rings. The van der Waals surface area contributed by atoms with E-state index in [4.69, 9.17) is 18.3 Å². The first kappa shape index (κ1) is 31.5. The zero-order valence-electron chi connectivity index (χ0n) is 23.6. The normalized spacial score (nSPS) is 21.7. The van der Waals surface area contributed by atoms with Gasteiger partial charge in [0.1, 0.15) is 17.5 Å². The Kier molecular flexibility index (Phi) is 9.97. The molecule has 4 atom stereocenters. The van der Waals surface area contributed by atoms with Crippen LogP contribution in [0.15, 0.2) is 49.0 Å². The molecule has 0 spiro atoms. The predicted molar refractivity (Wildman–Crippen MR) is 156 cm³/mol. The van der Waals surface area contributed by atoms with Crippen molar-refractivity contribution in [1.29, 1.82) is 0 Å². The van der Waals surface area contributed by atoms with Crippen molar-refractivity contribution >= 4 is 57.2 Å². The maximum Gasteiger partial charge on any atom is 0.519 e. The zero-order valence-corrected chi connectivity index (χ0v) is 26.0. The third-order valence-electron chi connectivity index (χ3n) is 6.73. The smallest absolute Gasteiger partial charge is 0.465 e. The molecule has 0 radical (unpaired) electrons. The van der Waals surface area contributed by atoms with Crippen LogP contribution in [0, 0.1) is 0 Å². The summed E-state index contributed by atoms with van der Waals surface area (Å²) in [5.41, 5.74) is 1.01. The van der Waals surface area contributed by atoms with E-state index >= 15 is 0 Å². The van der Waals surface area contributed by atoms with Crippen molar-refractivity contribution in [2.45, 2.75) is 80.7 Å². The summed E-state index contributed by atoms with van der Waals surface area (Å²) in [6, 6.07) is 6.02. The lowest BCUT2D eigenvalue weighted by molar-refractivity contribution is -0.165. The van der Waals surface area contributed by atoms with Gasteiger partial charge >= 0.3 is 17.8 Å². The fourth-order valence-corrected chi connectivity index (χ4v) is 6.83. The number of carbonyl (C=O) groups is 4. The van der Waals surface area contributed by atoms with Crippen LogP contribution < -0.4 is 11.1 Å². The number of hydrogen-bond donors (Lipinski definition) is 1. The van der Waals surface area contributed by atoms with Gasteiger partial charge in [-0.1, -0.05) is 53.2 Å². The minimum absolute atomic E-state index is 0.0669. The maximum atomic E-state index is 13.5. The van der Waals surface area contributed by atoms with Crippen molar-refractivity contribution < 1.29 is 37.5 Å². The van der Waals surface area contributed by atoms with E-state index in [-0.39, 0.29) is 29.9 Å². The lowest BCUT2D eigenvalue weighted by atomic mass is 9.95. The topological polar surface area (TPSA) is 158 Å². The molecule has 14 heteroatoms. The summed E-state index contributed by atoms with van der Waals surface area (Å²) in [5.74, 6) is -2.68. The summed E-state index contributed by atoms with van der Waals surface area (Å²) in [6.45, 7) is 7.13. The molecule has 1 N–H and O–H groups in total. The maximum absolute atomic E-state index is 13.5. The number of benzene rings is 1. The molecule has 4 rings (SSSR count). The molecule has 2 aliphatic heterocycles. The van der Waals surface area contributed by atoms with E-state index in [1.807, 2.05) is 26.8 Å². The third kappa shape index (κ3) is 6.80. The van der Waals surface area contributed by atoms with Crippen LogP contribution in [0.2, 0.25) is 0 Å². The molecule has 0 aliphatic carbocycles. The molecule has 226 valence electrons. The second-order valence-corrected chi connectivity index (χ2v) is 12.7. The summed E-state index contributed by atoms with van der Waals surface area (Å²) < 4.78 is 19.6. The van der Waals surface area contributed by atoms with Crippen LogP contribution in [0.25, 0.3) is 0 Å². The largest absolute Gasteiger partial charge is 0.519 e. The molecular weight excluding hydrogens is 634 g/mol. The van der Waals surface area contributed by atoms with Gasteiger partial charge in [-0.05, 0) is 32.8 Å². The number of amides is 2. The monoisotopic (exact) mass is 665 g/mol. The van der Waals surface area contributed by atoms with Gasteiger partial charge in [0.15, 0.2) is 24.2 Å². The standard InChI is InChI=1S/C28H32BrN3O9S/c1-5-11-38-19(33)12-15(2)30-20(16-9-7-6-8-10-16)23(34)31-21-24(35)32-22(28(3,4)42-25(21)32)26(36)39-14-18-17(13-29)40-27(37)41-18/h6-10,20-22,25H,5,11-14H2,1-4H3,(H,31,34)/t20?,21-,22+,25-/m1/s1. The number of fused-ring (bicyclic) bond motifs is 1. The van der Waals surface area contributed by atoms with E-state index in [0.29, 0.717) is 24.3 Å². The number of hydrogen-bond acceptors (Lipinski definition) is 11. The van der Waals surface area contributed by atoms with Gasteiger partial charge in [0.05, 0.1) is 18.4 Å². The van der Waals surface area contributed by atoms with Crippen molar-refractivity contribution in [2.24, 2.45) is 4.99 Å². The minimum Gasteiger partial charge on any atom is -0.465 e. The Hall–Kier alpha value is -3.39. The summed E-state index contributed by atoms with van der Waals surface area (Å²) in [6.07, 6.45) is 0.626. The van der Waals surface area contributed by atoms with Crippen LogP contribution in [0.3, 0.4) is 0 Å². The van der Waals surface area contributed by atoms with Crippen LogP contribution in [-0.2, 0) is 40.6 Å². The highest BCUT2D eigenvalue weighted by Crippen LogP contribution is 2.51. The quantitative estimate of drug-likeness (QED) is 0.154. The number of β-lactam (4-membered cyclic amide) rings is 1. The number of ether oxygens (including phenoxy) is 2. The van der Waals surface area contributed by atoms with Gasteiger partial charge in [-0.3, -0.25) is 19.4 Å². The van der Waals surface area contributed by atoms with Crippen molar-refractivity contribution in [3.63, 3.8) is 0 Å². The second kappa shape index (κ2) is 13.3. The molecule has 0 saturated carbocycles. The summed E-state index contributed by atoms with van der Waals surface area (Å²) >= 11 is 4.55. The highest BCUT2D eigenvalue weighted by Gasteiger charge is 2.64. The van der Waals surface area contributed by atoms with Gasteiger partial charge in [0.2, 0.25) is 11.8 Å². The number of nitrogens with one attached hydrogen (secondary N) is 1. The van der Waals surface area contributed by atoms with E-state index in [9.17, 15) is 24.0 Å². The minimum atomic E-state index is -1.000. The van der Waals surface area contributed by atoms with E-state index in [0.717, 1.165) is 0 Å². The molecule has 3 heterocycles. The Morgan fingerprint density at radius 2 is 1.83 bits per heavy atom. The number of nitrogens with zero attached hydrogens (tertiary/aromatic N) is 2. The lowest BCUT2D eigenvalue weighted by Gasteiger charge is -2.44. The van der Waals surface area contributed by atoms with E-state index < -0.39 is 57.8 Å². The zero-order chi connectivity index (χ0) is 30.6. The average molecular weight is 667 g/mol. The number of aliphatic imine (C=N–C) groups is 1. The van der Waals surface area contributed by atoms with Crippen LogP contribution >= 0.6 is 27.7 Å². The Bertz CT molecular complexity index is 1420. The molecule has 1 unspecified atom stereocenters. The molecule has 12 nitrogen and oxygen atoms in total. The number of rotatable bonds is 12. The van der Waals surface area contributed by atoms with Gasteiger partial charge in [0, 0.05) is 10.5 Å². The summed E-state index contributed by atoms with van der Waals surface area (Å²) in [4.78, 5) is 69.4. The predicted octanol–water partition coefficient (Wildman–Crippen LogP) is 3.26. The number of esters is 2. The first-order chi connectivity index (χ1) is 20.0. The SMILES string of the molecule is CCCOC(=O)CC(C)=NC(C(=O)N[C@@H]1C(=O)N2[C@@H]1SC(C)(C)[C@@H]2C(=O)OCc1oc(=O)oc1CBr)c1ccccc1. The van der Waals surface area contributed by atoms with Gasteiger partial charge in [-0.2, -0.15) is 0 Å². The molecule has 1 aromatic heterocycles. The van der Waals surface area contributed by atoms with Gasteiger partial charge in [-0.15, -0.1) is 11.8 Å². The number of thioether (sulfide) groups is 1. The third-order valence-corrected chi connectivity index (χ3v) is 8.81. The van der Waals surface area contributed by atoms with Gasteiger partial charge in [-0.25, -0.2) is 9.59 Å². The van der Waals surface area contributed by atoms with Crippen LogP contribution in [0.4, 0.5) is 0 Å². The van der Waals surface area contributed by atoms with Crippen LogP contribution in [0.5, 0.6) is 0 Å². The number of alkyl halides is 1. The molecule has 2 fully saturated rings. The molecule has 2 aliphatic rings. The van der Waals surface area contributed by atoms with Gasteiger partial charge < -0.3 is 28.5 Å². The summed E-state index contributed by atoms with van der Waals surface area (Å²) in [7, 11) is 0. The van der Waals surface area contributed by atoms with Crippen molar-refractivity contribution in [3.8, 4) is 0 Å². The molecule has 42 heavy (non-hydrogen) atoms.